The van der Waals surface area contributed by atoms with Crippen molar-refractivity contribution in [3.8, 4) is 0 Å². The first-order valence-electron chi connectivity index (χ1n) is 8.06. The van der Waals surface area contributed by atoms with Crippen LogP contribution in [0.2, 0.25) is 0 Å². The van der Waals surface area contributed by atoms with Crippen molar-refractivity contribution in [2.75, 3.05) is 13.1 Å². The predicted molar refractivity (Wildman–Crippen MR) is 87.5 cm³/mol. The van der Waals surface area contributed by atoms with Gasteiger partial charge in [-0.3, -0.25) is 4.79 Å². The second kappa shape index (κ2) is 6.22. The van der Waals surface area contributed by atoms with E-state index in [0.717, 1.165) is 24.8 Å². The molecule has 3 N–H and O–H groups in total. The molecule has 2 aliphatic rings. The maximum absolute atomic E-state index is 12.6. The summed E-state index contributed by atoms with van der Waals surface area (Å²) < 4.78 is 23.9. The smallest absolute Gasteiger partial charge is 0.276 e. The van der Waals surface area contributed by atoms with Gasteiger partial charge < -0.3 is 5.32 Å². The number of piperidine rings is 1. The van der Waals surface area contributed by atoms with Gasteiger partial charge in [0, 0.05) is 19.0 Å². The van der Waals surface area contributed by atoms with Crippen LogP contribution in [0.1, 0.15) is 37.7 Å². The van der Waals surface area contributed by atoms with Crippen LogP contribution in [0.3, 0.4) is 0 Å². The molecule has 1 aromatic carbocycles. The molecule has 1 aliphatic heterocycles. The number of hydrogen-bond acceptors (Lipinski definition) is 3. The van der Waals surface area contributed by atoms with Gasteiger partial charge >= 0.3 is 0 Å². The minimum Gasteiger partial charge on any atom is -0.346 e. The monoisotopic (exact) mass is 337 g/mol. The maximum Gasteiger partial charge on any atom is 0.276 e. The highest BCUT2D eigenvalue weighted by atomic mass is 32.2. The van der Waals surface area contributed by atoms with Gasteiger partial charge in [-0.2, -0.15) is 12.7 Å². The molecule has 7 heteroatoms. The van der Waals surface area contributed by atoms with E-state index in [9.17, 15) is 13.2 Å². The van der Waals surface area contributed by atoms with Gasteiger partial charge in [0.1, 0.15) is 0 Å². The largest absolute Gasteiger partial charge is 0.346 e. The molecule has 23 heavy (non-hydrogen) atoms. The highest BCUT2D eigenvalue weighted by molar-refractivity contribution is 7.86. The standard InChI is InChI=1S/C16H23N3O3S/c17-23(21,22)19-11-7-13(8-12-19)15(20)18-16(9-4-10-16)14-5-2-1-3-6-14/h1-3,5-6,13H,4,7-12H2,(H,18,20)(H2,17,21,22). The molecular formula is C16H23N3O3S. The fourth-order valence-electron chi connectivity index (χ4n) is 3.48. The summed E-state index contributed by atoms with van der Waals surface area (Å²) in [5.41, 5.74) is 0.914. The van der Waals surface area contributed by atoms with Crippen LogP contribution < -0.4 is 10.5 Å². The number of nitrogens with zero attached hydrogens (tertiary/aromatic N) is 1. The number of nitrogens with two attached hydrogens (primary N) is 1. The molecule has 1 saturated heterocycles. The molecule has 3 rings (SSSR count). The number of carbonyl (C=O) groups is 1. The van der Waals surface area contributed by atoms with E-state index in [-0.39, 0.29) is 17.4 Å². The number of hydrogen-bond donors (Lipinski definition) is 2. The van der Waals surface area contributed by atoms with Crippen molar-refractivity contribution in [2.24, 2.45) is 11.1 Å². The van der Waals surface area contributed by atoms with Crippen LogP contribution in [-0.2, 0) is 20.5 Å². The van der Waals surface area contributed by atoms with E-state index in [1.807, 2.05) is 18.2 Å². The molecule has 1 amide bonds. The third kappa shape index (κ3) is 3.41. The fourth-order valence-corrected chi connectivity index (χ4v) is 4.20. The summed E-state index contributed by atoms with van der Waals surface area (Å²) in [6, 6.07) is 10.1. The summed E-state index contributed by atoms with van der Waals surface area (Å²) in [4.78, 5) is 12.6. The molecule has 2 fully saturated rings. The van der Waals surface area contributed by atoms with Gasteiger partial charge in [-0.25, -0.2) is 5.14 Å². The Hall–Kier alpha value is -1.44. The Kier molecular flexibility index (Phi) is 4.44. The molecule has 1 aromatic rings. The van der Waals surface area contributed by atoms with Gasteiger partial charge in [-0.05, 0) is 37.7 Å². The van der Waals surface area contributed by atoms with E-state index in [0.29, 0.717) is 25.9 Å². The van der Waals surface area contributed by atoms with Crippen LogP contribution >= 0.6 is 0 Å². The lowest BCUT2D eigenvalue weighted by Gasteiger charge is -2.44. The van der Waals surface area contributed by atoms with Gasteiger partial charge in [0.25, 0.3) is 10.2 Å². The zero-order chi connectivity index (χ0) is 16.5. The molecule has 0 bridgehead atoms. The summed E-state index contributed by atoms with van der Waals surface area (Å²) >= 11 is 0. The van der Waals surface area contributed by atoms with Gasteiger partial charge in [-0.1, -0.05) is 30.3 Å². The average Bonchev–Trinajstić information content (AvgIpc) is 2.51. The Bertz CT molecular complexity index is 663. The number of nitrogens with one attached hydrogen (secondary N) is 1. The van der Waals surface area contributed by atoms with Crippen LogP contribution in [-0.4, -0.2) is 31.7 Å². The summed E-state index contributed by atoms with van der Waals surface area (Å²) in [5.74, 6) is -0.114. The minimum atomic E-state index is -3.64. The Morgan fingerprint density at radius 3 is 2.26 bits per heavy atom. The zero-order valence-electron chi connectivity index (χ0n) is 13.1. The van der Waals surface area contributed by atoms with E-state index in [1.54, 1.807) is 0 Å². The summed E-state index contributed by atoms with van der Waals surface area (Å²) in [6.45, 7) is 0.629. The molecule has 1 heterocycles. The normalized spacial score (nSPS) is 22.3. The third-order valence-electron chi connectivity index (χ3n) is 5.08. The molecule has 0 aromatic heterocycles. The van der Waals surface area contributed by atoms with Gasteiger partial charge in [0.2, 0.25) is 5.91 Å². The minimum absolute atomic E-state index is 0.0302. The first kappa shape index (κ1) is 16.4. The van der Waals surface area contributed by atoms with Crippen LogP contribution in [0.5, 0.6) is 0 Å². The highest BCUT2D eigenvalue weighted by Crippen LogP contribution is 2.41. The molecule has 126 valence electrons. The van der Waals surface area contributed by atoms with Crippen molar-refractivity contribution in [2.45, 2.75) is 37.6 Å². The molecule has 0 atom stereocenters. The Balaban J connectivity index is 1.64. The van der Waals surface area contributed by atoms with Gasteiger partial charge in [0.05, 0.1) is 5.54 Å². The van der Waals surface area contributed by atoms with Crippen molar-refractivity contribution in [3.05, 3.63) is 35.9 Å². The Morgan fingerprint density at radius 1 is 1.17 bits per heavy atom. The van der Waals surface area contributed by atoms with Crippen LogP contribution in [0, 0.1) is 5.92 Å². The zero-order valence-corrected chi connectivity index (χ0v) is 13.9. The molecular weight excluding hydrogens is 314 g/mol. The quantitative estimate of drug-likeness (QED) is 0.861. The highest BCUT2D eigenvalue weighted by Gasteiger charge is 2.41. The number of carbonyl (C=O) groups excluding carboxylic acids is 1. The van der Waals surface area contributed by atoms with Crippen LogP contribution in [0.25, 0.3) is 0 Å². The number of rotatable bonds is 4. The van der Waals surface area contributed by atoms with Crippen LogP contribution in [0.15, 0.2) is 30.3 Å². The second-order valence-corrected chi connectivity index (χ2v) is 8.06. The topological polar surface area (TPSA) is 92.5 Å². The van der Waals surface area contributed by atoms with Crippen molar-refractivity contribution >= 4 is 16.1 Å². The lowest BCUT2D eigenvalue weighted by molar-refractivity contribution is -0.129. The second-order valence-electron chi connectivity index (χ2n) is 6.51. The van der Waals surface area contributed by atoms with Crippen molar-refractivity contribution < 1.29 is 13.2 Å². The first-order chi connectivity index (χ1) is 10.9. The molecule has 6 nitrogen and oxygen atoms in total. The van der Waals surface area contributed by atoms with Gasteiger partial charge in [-0.15, -0.1) is 0 Å². The summed E-state index contributed by atoms with van der Waals surface area (Å²) in [7, 11) is -3.64. The summed E-state index contributed by atoms with van der Waals surface area (Å²) in [6.07, 6.45) is 4.07. The average molecular weight is 337 g/mol. The number of amides is 1. The molecule has 1 saturated carbocycles. The molecule has 0 radical (unpaired) electrons. The fraction of sp³-hybridized carbons (Fsp3) is 0.562. The van der Waals surface area contributed by atoms with Crippen molar-refractivity contribution in [1.29, 1.82) is 0 Å². The summed E-state index contributed by atoms with van der Waals surface area (Å²) in [5, 5.41) is 8.37. The van der Waals surface area contributed by atoms with Gasteiger partial charge in [0.15, 0.2) is 0 Å². The maximum atomic E-state index is 12.6. The first-order valence-corrected chi connectivity index (χ1v) is 9.56. The van der Waals surface area contributed by atoms with E-state index in [4.69, 9.17) is 5.14 Å². The van der Waals surface area contributed by atoms with E-state index < -0.39 is 10.2 Å². The molecule has 1 aliphatic carbocycles. The van der Waals surface area contributed by atoms with E-state index in [1.165, 1.54) is 4.31 Å². The van der Waals surface area contributed by atoms with Crippen molar-refractivity contribution in [1.82, 2.24) is 9.62 Å². The van der Waals surface area contributed by atoms with Crippen LogP contribution in [0.4, 0.5) is 0 Å². The van der Waals surface area contributed by atoms with E-state index in [2.05, 4.69) is 17.4 Å². The Morgan fingerprint density at radius 2 is 1.78 bits per heavy atom. The molecule has 0 unspecified atom stereocenters. The SMILES string of the molecule is NS(=O)(=O)N1CCC(C(=O)NC2(c3ccccc3)CCC2)CC1. The number of benzene rings is 1. The lowest BCUT2D eigenvalue weighted by Crippen LogP contribution is -2.54. The van der Waals surface area contributed by atoms with E-state index >= 15 is 0 Å². The third-order valence-corrected chi connectivity index (χ3v) is 6.17. The Labute approximate surface area is 137 Å². The lowest BCUT2D eigenvalue weighted by atomic mass is 9.71. The van der Waals surface area contributed by atoms with Crippen molar-refractivity contribution in [3.63, 3.8) is 0 Å². The predicted octanol–water partition coefficient (Wildman–Crippen LogP) is 1.10. The molecule has 0 spiro atoms.